The number of nitrogen functional groups attached to an aromatic ring is 1. The zero-order valence-corrected chi connectivity index (χ0v) is 9.95. The van der Waals surface area contributed by atoms with E-state index in [-0.39, 0.29) is 0 Å². The molecule has 0 aliphatic heterocycles. The molecule has 1 atom stereocenters. The van der Waals surface area contributed by atoms with Gasteiger partial charge in [-0.1, -0.05) is 12.1 Å². The van der Waals surface area contributed by atoms with Crippen molar-refractivity contribution in [3.05, 3.63) is 28.8 Å². The highest BCUT2D eigenvalue weighted by atomic mass is 31.2. The van der Waals surface area contributed by atoms with Crippen LogP contribution in [-0.2, 0) is 4.57 Å². The van der Waals surface area contributed by atoms with Crippen molar-refractivity contribution < 1.29 is 14.4 Å². The largest absolute Gasteiger partial charge is 0.398 e. The highest BCUT2D eigenvalue weighted by Gasteiger charge is 2.27. The van der Waals surface area contributed by atoms with Crippen LogP contribution in [0.1, 0.15) is 29.3 Å². The molecule has 0 aliphatic rings. The lowest BCUT2D eigenvalue weighted by molar-refractivity contribution is 0.362. The molecule has 0 saturated carbocycles. The first-order chi connectivity index (χ1) is 6.75. The van der Waals surface area contributed by atoms with Gasteiger partial charge in [0.05, 0.1) is 5.66 Å². The molecule has 0 amide bonds. The number of benzene rings is 1. The molecular weight excluding hydrogens is 213 g/mol. The monoisotopic (exact) mass is 229 g/mol. The first kappa shape index (κ1) is 12.2. The average molecular weight is 229 g/mol. The van der Waals surface area contributed by atoms with Crippen molar-refractivity contribution in [3.63, 3.8) is 0 Å². The van der Waals surface area contributed by atoms with E-state index in [0.717, 1.165) is 11.1 Å². The van der Waals surface area contributed by atoms with Crippen molar-refractivity contribution in [2.45, 2.75) is 26.4 Å². The van der Waals surface area contributed by atoms with Crippen LogP contribution in [0.4, 0.5) is 5.69 Å². The van der Waals surface area contributed by atoms with Crippen LogP contribution in [0.15, 0.2) is 12.1 Å². The zero-order chi connectivity index (χ0) is 11.8. The lowest BCUT2D eigenvalue weighted by atomic mass is 10.0. The van der Waals surface area contributed by atoms with Crippen LogP contribution in [-0.4, -0.2) is 9.79 Å². The standard InChI is InChI=1S/C10H16NO3P/c1-6-4-5-9(10(11)7(6)2)8(3)15(12,13)14/h4-5,8H,11H2,1-3H3,(H2,12,13,14). The van der Waals surface area contributed by atoms with Gasteiger partial charge in [-0.3, -0.25) is 4.57 Å². The Morgan fingerprint density at radius 2 is 1.87 bits per heavy atom. The summed E-state index contributed by atoms with van der Waals surface area (Å²) in [5.74, 6) is 0. The maximum Gasteiger partial charge on any atom is 0.332 e. The molecule has 0 heterocycles. The Hall–Kier alpha value is -0.830. The maximum absolute atomic E-state index is 11.1. The van der Waals surface area contributed by atoms with Gasteiger partial charge in [-0.15, -0.1) is 0 Å². The van der Waals surface area contributed by atoms with Crippen molar-refractivity contribution in [1.29, 1.82) is 0 Å². The average Bonchev–Trinajstić information content (AvgIpc) is 2.12. The molecular formula is C10H16NO3P. The third kappa shape index (κ3) is 2.40. The second-order valence-corrected chi connectivity index (χ2v) is 5.73. The van der Waals surface area contributed by atoms with Gasteiger partial charge in [0.25, 0.3) is 0 Å². The third-order valence-electron chi connectivity index (χ3n) is 2.77. The van der Waals surface area contributed by atoms with Crippen LogP contribution in [0, 0.1) is 13.8 Å². The summed E-state index contributed by atoms with van der Waals surface area (Å²) in [6, 6.07) is 3.51. The predicted molar refractivity (Wildman–Crippen MR) is 60.8 cm³/mol. The van der Waals surface area contributed by atoms with E-state index in [1.54, 1.807) is 6.07 Å². The smallest absolute Gasteiger partial charge is 0.332 e. The molecule has 0 aromatic heterocycles. The summed E-state index contributed by atoms with van der Waals surface area (Å²) < 4.78 is 11.1. The summed E-state index contributed by atoms with van der Waals surface area (Å²) in [6.45, 7) is 5.25. The van der Waals surface area contributed by atoms with Crippen molar-refractivity contribution in [3.8, 4) is 0 Å². The number of hydrogen-bond acceptors (Lipinski definition) is 2. The minimum Gasteiger partial charge on any atom is -0.398 e. The minimum absolute atomic E-state index is 0.478. The van der Waals surface area contributed by atoms with E-state index in [9.17, 15) is 4.57 Å². The molecule has 4 nitrogen and oxygen atoms in total. The molecule has 15 heavy (non-hydrogen) atoms. The van der Waals surface area contributed by atoms with Crippen LogP contribution in [0.25, 0.3) is 0 Å². The van der Waals surface area contributed by atoms with Crippen molar-refractivity contribution in [1.82, 2.24) is 0 Å². The first-order valence-corrected chi connectivity index (χ1v) is 6.34. The Morgan fingerprint density at radius 3 is 2.33 bits per heavy atom. The molecule has 1 unspecified atom stereocenters. The molecule has 0 fully saturated rings. The van der Waals surface area contributed by atoms with E-state index in [4.69, 9.17) is 15.5 Å². The molecule has 0 saturated heterocycles. The van der Waals surface area contributed by atoms with Crippen molar-refractivity contribution >= 4 is 13.3 Å². The third-order valence-corrected chi connectivity index (χ3v) is 4.06. The summed E-state index contributed by atoms with van der Waals surface area (Å²) in [6.07, 6.45) is 0. The van der Waals surface area contributed by atoms with E-state index in [2.05, 4.69) is 0 Å². The van der Waals surface area contributed by atoms with E-state index < -0.39 is 13.3 Å². The van der Waals surface area contributed by atoms with Crippen LogP contribution >= 0.6 is 7.60 Å². The molecule has 1 rings (SSSR count). The van der Waals surface area contributed by atoms with Crippen molar-refractivity contribution in [2.24, 2.45) is 0 Å². The molecule has 1 aromatic rings. The number of hydrogen-bond donors (Lipinski definition) is 3. The zero-order valence-electron chi connectivity index (χ0n) is 9.06. The second-order valence-electron chi connectivity index (χ2n) is 3.78. The Kier molecular flexibility index (Phi) is 3.24. The van der Waals surface area contributed by atoms with E-state index in [0.29, 0.717) is 11.3 Å². The maximum atomic E-state index is 11.1. The fraction of sp³-hybridized carbons (Fsp3) is 0.400. The number of anilines is 1. The van der Waals surface area contributed by atoms with Gasteiger partial charge in [0.1, 0.15) is 0 Å². The molecule has 0 aliphatic carbocycles. The molecule has 84 valence electrons. The van der Waals surface area contributed by atoms with Gasteiger partial charge in [0, 0.05) is 5.69 Å². The number of rotatable bonds is 2. The quantitative estimate of drug-likeness (QED) is 0.535. The van der Waals surface area contributed by atoms with Crippen LogP contribution in [0.5, 0.6) is 0 Å². The van der Waals surface area contributed by atoms with E-state index >= 15 is 0 Å². The summed E-state index contributed by atoms with van der Waals surface area (Å²) >= 11 is 0. The SMILES string of the molecule is Cc1ccc(C(C)P(=O)(O)O)c(N)c1C. The van der Waals surface area contributed by atoms with Gasteiger partial charge >= 0.3 is 7.60 Å². The van der Waals surface area contributed by atoms with Gasteiger partial charge in [0.15, 0.2) is 0 Å². The molecule has 1 aromatic carbocycles. The normalized spacial score (nSPS) is 13.9. The lowest BCUT2D eigenvalue weighted by Crippen LogP contribution is -2.03. The van der Waals surface area contributed by atoms with Gasteiger partial charge in [-0.25, -0.2) is 0 Å². The van der Waals surface area contributed by atoms with Gasteiger partial charge in [-0.2, -0.15) is 0 Å². The minimum atomic E-state index is -4.12. The molecule has 0 radical (unpaired) electrons. The Morgan fingerprint density at radius 1 is 1.33 bits per heavy atom. The number of aryl methyl sites for hydroxylation is 1. The van der Waals surface area contributed by atoms with Crippen LogP contribution < -0.4 is 5.73 Å². The van der Waals surface area contributed by atoms with Gasteiger partial charge in [0.2, 0.25) is 0 Å². The molecule has 5 heteroatoms. The van der Waals surface area contributed by atoms with Gasteiger partial charge < -0.3 is 15.5 Å². The number of nitrogens with two attached hydrogens (primary N) is 1. The summed E-state index contributed by atoms with van der Waals surface area (Å²) in [4.78, 5) is 18.2. The Balaban J connectivity index is 3.29. The Labute approximate surface area is 89.3 Å². The first-order valence-electron chi connectivity index (χ1n) is 4.66. The highest BCUT2D eigenvalue weighted by Crippen LogP contribution is 2.52. The topological polar surface area (TPSA) is 83.5 Å². The highest BCUT2D eigenvalue weighted by molar-refractivity contribution is 7.52. The van der Waals surface area contributed by atoms with E-state index in [1.165, 1.54) is 6.92 Å². The fourth-order valence-electron chi connectivity index (χ4n) is 1.40. The van der Waals surface area contributed by atoms with Crippen LogP contribution in [0.2, 0.25) is 0 Å². The van der Waals surface area contributed by atoms with E-state index in [1.807, 2.05) is 19.9 Å². The van der Waals surface area contributed by atoms with Crippen LogP contribution in [0.3, 0.4) is 0 Å². The fourth-order valence-corrected chi connectivity index (χ4v) is 1.99. The molecule has 0 spiro atoms. The molecule has 4 N–H and O–H groups in total. The summed E-state index contributed by atoms with van der Waals surface area (Å²) in [5.41, 5.74) is 7.89. The van der Waals surface area contributed by atoms with Gasteiger partial charge in [-0.05, 0) is 37.5 Å². The lowest BCUT2D eigenvalue weighted by Gasteiger charge is -2.18. The predicted octanol–water partition coefficient (Wildman–Crippen LogP) is 2.12. The summed E-state index contributed by atoms with van der Waals surface area (Å²) in [7, 11) is -4.12. The van der Waals surface area contributed by atoms with Crippen molar-refractivity contribution in [2.75, 3.05) is 5.73 Å². The molecule has 0 bridgehead atoms. The second kappa shape index (κ2) is 3.97. The summed E-state index contributed by atoms with van der Waals surface area (Å²) in [5, 5.41) is 0. The Bertz CT molecular complexity index is 425.